The minimum Gasteiger partial charge on any atom is -0.497 e. The highest BCUT2D eigenvalue weighted by atomic mass is 32.1. The number of rotatable bonds is 13. The van der Waals surface area contributed by atoms with Crippen LogP contribution < -0.4 is 35.7 Å². The molecule has 0 fully saturated rings. The lowest BCUT2D eigenvalue weighted by Crippen LogP contribution is -2.30. The molecular weight excluding hydrogens is 554 g/mol. The van der Waals surface area contributed by atoms with Crippen molar-refractivity contribution in [2.45, 2.75) is 6.42 Å². The molecule has 4 rings (SSSR count). The molecule has 0 radical (unpaired) electrons. The number of thiocarbonyl (C=S) groups is 1. The van der Waals surface area contributed by atoms with Crippen molar-refractivity contribution in [1.82, 2.24) is 15.7 Å². The van der Waals surface area contributed by atoms with Crippen LogP contribution in [0.2, 0.25) is 0 Å². The third-order valence-electron chi connectivity index (χ3n) is 6.07. The molecule has 0 spiro atoms. The molecule has 1 heterocycles. The number of ether oxygens (including phenoxy) is 3. The molecule has 0 saturated heterocycles. The number of aromatic nitrogens is 1. The number of benzene rings is 3. The molecule has 0 atom stereocenters. The van der Waals surface area contributed by atoms with Crippen molar-refractivity contribution in [2.24, 2.45) is 0 Å². The summed E-state index contributed by atoms with van der Waals surface area (Å²) in [5.41, 5.74) is 8.03. The predicted molar refractivity (Wildman–Crippen MR) is 166 cm³/mol. The fraction of sp³-hybridized carbons (Fsp3) is 0.161. The van der Waals surface area contributed by atoms with Crippen LogP contribution in [-0.4, -0.2) is 49.2 Å². The first kappa shape index (κ1) is 29.8. The number of amides is 2. The minimum atomic E-state index is -0.444. The Morgan fingerprint density at radius 1 is 0.833 bits per heavy atom. The van der Waals surface area contributed by atoms with Crippen LogP contribution in [0.15, 0.2) is 91.3 Å². The molecule has 216 valence electrons. The second-order valence-corrected chi connectivity index (χ2v) is 9.28. The highest BCUT2D eigenvalue weighted by Crippen LogP contribution is 2.26. The van der Waals surface area contributed by atoms with Gasteiger partial charge in [-0.3, -0.25) is 25.4 Å². The van der Waals surface area contributed by atoms with Crippen molar-refractivity contribution in [2.75, 3.05) is 38.1 Å². The number of hydrazine groups is 1. The van der Waals surface area contributed by atoms with Crippen LogP contribution in [0.25, 0.3) is 0 Å². The number of hydrogen-bond acceptors (Lipinski definition) is 8. The Bertz CT molecular complexity index is 1520. The molecule has 4 aromatic rings. The Balaban J connectivity index is 1.35. The van der Waals surface area contributed by atoms with Crippen molar-refractivity contribution in [3.8, 4) is 17.2 Å². The highest BCUT2D eigenvalue weighted by Gasteiger charge is 2.16. The van der Waals surface area contributed by atoms with Gasteiger partial charge in [-0.05, 0) is 48.9 Å². The molecule has 2 amide bonds. The third-order valence-corrected chi connectivity index (χ3v) is 6.45. The molecule has 0 unspecified atom stereocenters. The van der Waals surface area contributed by atoms with Gasteiger partial charge >= 0.3 is 0 Å². The van der Waals surface area contributed by atoms with Crippen LogP contribution in [-0.2, 0) is 0 Å². The van der Waals surface area contributed by atoms with Crippen LogP contribution in [0.1, 0.15) is 32.7 Å². The van der Waals surface area contributed by atoms with Crippen molar-refractivity contribution in [3.05, 3.63) is 108 Å². The number of carbonyl (C=O) groups excluding carboxylic acids is 2. The zero-order valence-electron chi connectivity index (χ0n) is 23.2. The lowest BCUT2D eigenvalue weighted by atomic mass is 10.2. The first-order valence-corrected chi connectivity index (χ1v) is 13.5. The third kappa shape index (κ3) is 8.18. The van der Waals surface area contributed by atoms with E-state index in [1.807, 2.05) is 30.3 Å². The summed E-state index contributed by atoms with van der Waals surface area (Å²) in [6.07, 6.45) is 3.67. The van der Waals surface area contributed by atoms with Gasteiger partial charge in [-0.25, -0.2) is 0 Å². The number of nitrogens with zero attached hydrogens (tertiary/aromatic N) is 1. The van der Waals surface area contributed by atoms with Crippen LogP contribution >= 0.6 is 12.2 Å². The highest BCUT2D eigenvalue weighted by molar-refractivity contribution is 7.80. The van der Waals surface area contributed by atoms with E-state index in [4.69, 9.17) is 26.4 Å². The maximum atomic E-state index is 13.2. The zero-order chi connectivity index (χ0) is 29.7. The average molecular weight is 586 g/mol. The summed E-state index contributed by atoms with van der Waals surface area (Å²) in [4.78, 5) is 30.6. The molecule has 10 nitrogen and oxygen atoms in total. The summed E-state index contributed by atoms with van der Waals surface area (Å²) >= 11 is 5.43. The fourth-order valence-electron chi connectivity index (χ4n) is 3.82. The number of nitrogens with one attached hydrogen (secondary N) is 4. The molecule has 0 bridgehead atoms. The molecule has 0 aliphatic heterocycles. The lowest BCUT2D eigenvalue weighted by Gasteiger charge is -2.16. The monoisotopic (exact) mass is 585 g/mol. The molecule has 42 heavy (non-hydrogen) atoms. The van der Waals surface area contributed by atoms with E-state index in [0.29, 0.717) is 64.3 Å². The van der Waals surface area contributed by atoms with Gasteiger partial charge in [0.05, 0.1) is 44.0 Å². The number of anilines is 2. The average Bonchev–Trinajstić information content (AvgIpc) is 3.04. The Morgan fingerprint density at radius 3 is 2.31 bits per heavy atom. The van der Waals surface area contributed by atoms with Gasteiger partial charge in [0.15, 0.2) is 0 Å². The fourth-order valence-corrected chi connectivity index (χ4v) is 4.05. The van der Waals surface area contributed by atoms with Crippen molar-refractivity contribution >= 4 is 40.4 Å². The van der Waals surface area contributed by atoms with Gasteiger partial charge in [0.1, 0.15) is 22.2 Å². The Labute approximate surface area is 249 Å². The standard InChI is InChI=1S/C31H31N5O5S/c1-39-23-11-9-21(10-12-23)29(37)34-27-20-32-17-15-26(27)35-36-30(38)25-14-13-24(40-2)19-28(25)41-18-6-16-33-31(42)22-7-4-3-5-8-22/h3-5,7-15,17,19-20H,6,16,18H2,1-2H3,(H,32,35)(H,33,42)(H,34,37)(H,36,38). The second kappa shape index (κ2) is 15.0. The summed E-state index contributed by atoms with van der Waals surface area (Å²) in [6, 6.07) is 23.0. The normalized spacial score (nSPS) is 10.2. The van der Waals surface area contributed by atoms with Gasteiger partial charge in [-0.1, -0.05) is 42.5 Å². The van der Waals surface area contributed by atoms with Crippen LogP contribution in [0, 0.1) is 0 Å². The lowest BCUT2D eigenvalue weighted by molar-refractivity contribution is 0.0958. The Kier molecular flexibility index (Phi) is 10.7. The smallest absolute Gasteiger partial charge is 0.273 e. The first-order chi connectivity index (χ1) is 20.5. The summed E-state index contributed by atoms with van der Waals surface area (Å²) < 4.78 is 16.4. The molecule has 0 saturated carbocycles. The topological polar surface area (TPSA) is 123 Å². The van der Waals surface area contributed by atoms with Gasteiger partial charge in [-0.2, -0.15) is 0 Å². The number of carbonyl (C=O) groups is 2. The minimum absolute atomic E-state index is 0.300. The molecule has 11 heteroatoms. The van der Waals surface area contributed by atoms with E-state index in [1.165, 1.54) is 12.4 Å². The van der Waals surface area contributed by atoms with E-state index >= 15 is 0 Å². The van der Waals surface area contributed by atoms with E-state index in [2.05, 4.69) is 26.5 Å². The van der Waals surface area contributed by atoms with E-state index in [-0.39, 0.29) is 5.91 Å². The molecule has 3 aromatic carbocycles. The summed E-state index contributed by atoms with van der Waals surface area (Å²) in [7, 11) is 3.10. The predicted octanol–water partition coefficient (Wildman–Crippen LogP) is 4.84. The number of pyridine rings is 1. The molecule has 0 aliphatic rings. The molecule has 4 N–H and O–H groups in total. The molecular formula is C31H31N5O5S. The largest absolute Gasteiger partial charge is 0.497 e. The first-order valence-electron chi connectivity index (χ1n) is 13.1. The summed E-state index contributed by atoms with van der Waals surface area (Å²) in [5, 5.41) is 6.01. The van der Waals surface area contributed by atoms with Gasteiger partial charge in [0.25, 0.3) is 11.8 Å². The van der Waals surface area contributed by atoms with Crippen LogP contribution in [0.5, 0.6) is 17.2 Å². The SMILES string of the molecule is COc1ccc(C(=O)Nc2cnccc2NNC(=O)c2ccc(OC)cc2OCCCNC(=S)c2ccccc2)cc1. The molecule has 1 aromatic heterocycles. The maximum Gasteiger partial charge on any atom is 0.273 e. The van der Waals surface area contributed by atoms with Crippen LogP contribution in [0.4, 0.5) is 11.4 Å². The quantitative estimate of drug-likeness (QED) is 0.0992. The molecule has 0 aliphatic carbocycles. The summed E-state index contributed by atoms with van der Waals surface area (Å²) in [6.45, 7) is 0.949. The maximum absolute atomic E-state index is 13.2. The van der Waals surface area contributed by atoms with Crippen molar-refractivity contribution in [1.29, 1.82) is 0 Å². The van der Waals surface area contributed by atoms with Crippen molar-refractivity contribution in [3.63, 3.8) is 0 Å². The van der Waals surface area contributed by atoms with Gasteiger partial charge in [0, 0.05) is 29.9 Å². The van der Waals surface area contributed by atoms with Gasteiger partial charge in [-0.15, -0.1) is 0 Å². The number of hydrogen-bond donors (Lipinski definition) is 4. The van der Waals surface area contributed by atoms with E-state index in [9.17, 15) is 9.59 Å². The summed E-state index contributed by atoms with van der Waals surface area (Å²) in [5.74, 6) is 0.770. The number of methoxy groups -OCH3 is 2. The van der Waals surface area contributed by atoms with Crippen LogP contribution in [0.3, 0.4) is 0 Å². The van der Waals surface area contributed by atoms with E-state index in [1.54, 1.807) is 62.8 Å². The second-order valence-electron chi connectivity index (χ2n) is 8.87. The van der Waals surface area contributed by atoms with E-state index < -0.39 is 5.91 Å². The van der Waals surface area contributed by atoms with Crippen molar-refractivity contribution < 1.29 is 23.8 Å². The zero-order valence-corrected chi connectivity index (χ0v) is 24.0. The Hall–Kier alpha value is -5.16. The Morgan fingerprint density at radius 2 is 1.57 bits per heavy atom. The van der Waals surface area contributed by atoms with E-state index in [0.717, 1.165) is 5.56 Å². The van der Waals surface area contributed by atoms with Gasteiger partial charge < -0.3 is 24.8 Å². The van der Waals surface area contributed by atoms with Gasteiger partial charge in [0.2, 0.25) is 0 Å².